The number of anilines is 1. The molecule has 10 nitrogen and oxygen atoms in total. The van der Waals surface area contributed by atoms with Gasteiger partial charge in [-0.15, -0.1) is 10.2 Å². The molecule has 1 unspecified atom stereocenters. The Morgan fingerprint density at radius 2 is 2.04 bits per heavy atom. The highest BCUT2D eigenvalue weighted by Crippen LogP contribution is 2.22. The number of aromatic nitrogens is 4. The largest absolute Gasteiger partial charge is 0.481 e. The van der Waals surface area contributed by atoms with Gasteiger partial charge in [0, 0.05) is 11.9 Å². The number of carbonyl (C=O) groups is 2. The molecule has 1 atom stereocenters. The molecule has 2 rings (SSSR count). The highest BCUT2D eigenvalue weighted by Gasteiger charge is 2.22. The summed E-state index contributed by atoms with van der Waals surface area (Å²) in [7, 11) is 0. The lowest BCUT2D eigenvalue weighted by Crippen LogP contribution is -2.15. The number of aromatic amines is 1. The summed E-state index contributed by atoms with van der Waals surface area (Å²) in [5.41, 5.74) is 1.11. The predicted molar refractivity (Wildman–Crippen MR) is 80.5 cm³/mol. The second-order valence-corrected chi connectivity index (χ2v) is 4.66. The van der Waals surface area contributed by atoms with Crippen LogP contribution in [0.2, 0.25) is 0 Å². The Morgan fingerprint density at radius 3 is 2.54 bits per heavy atom. The van der Waals surface area contributed by atoms with Gasteiger partial charge in [-0.25, -0.2) is 0 Å². The zero-order chi connectivity index (χ0) is 17.5. The number of aliphatic carboxylic acids is 2. The van der Waals surface area contributed by atoms with Crippen molar-refractivity contribution in [3.63, 3.8) is 0 Å². The molecule has 0 radical (unpaired) electrons. The first kappa shape index (κ1) is 16.6. The number of nitrogens with zero attached hydrogens (tertiary/aromatic N) is 4. The van der Waals surface area contributed by atoms with Crippen LogP contribution in [0.4, 0.5) is 5.69 Å². The van der Waals surface area contributed by atoms with Gasteiger partial charge in [0.05, 0.1) is 12.3 Å². The van der Waals surface area contributed by atoms with Gasteiger partial charge in [-0.1, -0.05) is 12.1 Å². The van der Waals surface area contributed by atoms with E-state index in [1.54, 1.807) is 12.1 Å². The molecule has 0 aliphatic heterocycles. The zero-order valence-corrected chi connectivity index (χ0v) is 12.2. The second-order valence-electron chi connectivity index (χ2n) is 4.66. The van der Waals surface area contributed by atoms with Gasteiger partial charge in [0.2, 0.25) is 5.82 Å². The molecular weight excluding hydrogens is 316 g/mol. The van der Waals surface area contributed by atoms with Crippen molar-refractivity contribution in [2.24, 2.45) is 0 Å². The molecule has 0 aliphatic carbocycles. The average Bonchev–Trinajstić information content (AvgIpc) is 3.08. The van der Waals surface area contributed by atoms with Crippen molar-refractivity contribution in [1.29, 1.82) is 5.26 Å². The SMILES string of the molecule is N#CC(=CNc1ccc(C(CC(=O)O)C(=O)O)cc1)c1nn[nH]n1. The van der Waals surface area contributed by atoms with Gasteiger partial charge in [0.1, 0.15) is 11.6 Å². The van der Waals surface area contributed by atoms with Crippen LogP contribution in [0.25, 0.3) is 5.57 Å². The Hall–Kier alpha value is -3.74. The Morgan fingerprint density at radius 1 is 1.33 bits per heavy atom. The Kier molecular flexibility index (Phi) is 5.20. The number of benzene rings is 1. The summed E-state index contributed by atoms with van der Waals surface area (Å²) in [6.07, 6.45) is 0.879. The highest BCUT2D eigenvalue weighted by atomic mass is 16.4. The molecule has 122 valence electrons. The average molecular weight is 328 g/mol. The van der Waals surface area contributed by atoms with Gasteiger partial charge in [-0.2, -0.15) is 10.5 Å². The van der Waals surface area contributed by atoms with Gasteiger partial charge >= 0.3 is 11.9 Å². The molecule has 0 aliphatic rings. The maximum absolute atomic E-state index is 11.2. The van der Waals surface area contributed by atoms with Crippen LogP contribution in [-0.2, 0) is 9.59 Å². The van der Waals surface area contributed by atoms with Gasteiger partial charge in [-0.3, -0.25) is 9.59 Å². The lowest BCUT2D eigenvalue weighted by atomic mass is 9.96. The molecule has 0 saturated carbocycles. The molecule has 0 bridgehead atoms. The van der Waals surface area contributed by atoms with Crippen molar-refractivity contribution < 1.29 is 19.8 Å². The molecule has 1 aromatic heterocycles. The Bertz CT molecular complexity index is 792. The molecule has 24 heavy (non-hydrogen) atoms. The summed E-state index contributed by atoms with van der Waals surface area (Å²) in [5.74, 6) is -3.39. The number of rotatable bonds is 7. The summed E-state index contributed by atoms with van der Waals surface area (Å²) in [5, 5.41) is 42.7. The van der Waals surface area contributed by atoms with E-state index in [1.165, 1.54) is 18.3 Å². The van der Waals surface area contributed by atoms with Crippen molar-refractivity contribution in [3.05, 3.63) is 41.9 Å². The third kappa shape index (κ3) is 4.14. The lowest BCUT2D eigenvalue weighted by Gasteiger charge is -2.11. The number of carboxylic acid groups (broad SMARTS) is 2. The first-order valence-electron chi connectivity index (χ1n) is 6.66. The van der Waals surface area contributed by atoms with E-state index in [-0.39, 0.29) is 11.4 Å². The second kappa shape index (κ2) is 7.50. The summed E-state index contributed by atoms with van der Waals surface area (Å²) >= 11 is 0. The van der Waals surface area contributed by atoms with Crippen molar-refractivity contribution in [2.45, 2.75) is 12.3 Å². The van der Waals surface area contributed by atoms with E-state index < -0.39 is 24.3 Å². The van der Waals surface area contributed by atoms with Crippen molar-refractivity contribution in [2.75, 3.05) is 5.32 Å². The molecule has 0 spiro atoms. The Labute approximate surface area is 135 Å². The van der Waals surface area contributed by atoms with E-state index in [1.807, 2.05) is 6.07 Å². The van der Waals surface area contributed by atoms with E-state index >= 15 is 0 Å². The van der Waals surface area contributed by atoms with Crippen LogP contribution in [0.15, 0.2) is 30.5 Å². The maximum Gasteiger partial charge on any atom is 0.311 e. The minimum Gasteiger partial charge on any atom is -0.481 e. The van der Waals surface area contributed by atoms with Gasteiger partial charge < -0.3 is 15.5 Å². The molecular formula is C14H12N6O4. The van der Waals surface area contributed by atoms with Crippen LogP contribution in [0, 0.1) is 11.3 Å². The number of nitriles is 1. The summed E-state index contributed by atoms with van der Waals surface area (Å²) in [4.78, 5) is 21.9. The minimum absolute atomic E-state index is 0.133. The van der Waals surface area contributed by atoms with E-state index in [2.05, 4.69) is 25.9 Å². The number of allylic oxidation sites excluding steroid dienone is 1. The smallest absolute Gasteiger partial charge is 0.311 e. The number of hydrogen-bond donors (Lipinski definition) is 4. The normalized spacial score (nSPS) is 12.2. The summed E-state index contributed by atoms with van der Waals surface area (Å²) in [6, 6.07) is 8.09. The summed E-state index contributed by atoms with van der Waals surface area (Å²) < 4.78 is 0. The van der Waals surface area contributed by atoms with Crippen LogP contribution >= 0.6 is 0 Å². The highest BCUT2D eigenvalue weighted by molar-refractivity contribution is 5.82. The standard InChI is InChI=1S/C14H12N6O4/c15-6-9(13-17-19-20-18-13)7-16-10-3-1-8(2-4-10)11(14(23)24)5-12(21)22/h1-4,7,11,16H,5H2,(H,21,22)(H,23,24)(H,17,18,19,20). The third-order valence-corrected chi connectivity index (χ3v) is 3.08. The molecule has 0 amide bonds. The van der Waals surface area contributed by atoms with E-state index in [9.17, 15) is 9.59 Å². The van der Waals surface area contributed by atoms with Crippen molar-refractivity contribution >= 4 is 23.2 Å². The first-order chi connectivity index (χ1) is 11.5. The number of hydrogen-bond acceptors (Lipinski definition) is 7. The fourth-order valence-corrected chi connectivity index (χ4v) is 1.91. The maximum atomic E-state index is 11.2. The Balaban J connectivity index is 2.13. The minimum atomic E-state index is -1.21. The van der Waals surface area contributed by atoms with Gasteiger partial charge in [-0.05, 0) is 22.9 Å². The predicted octanol–water partition coefficient (Wildman–Crippen LogP) is 0.819. The fourth-order valence-electron chi connectivity index (χ4n) is 1.91. The van der Waals surface area contributed by atoms with Gasteiger partial charge in [0.15, 0.2) is 0 Å². The van der Waals surface area contributed by atoms with Crippen LogP contribution in [0.5, 0.6) is 0 Å². The van der Waals surface area contributed by atoms with Crippen LogP contribution in [0.3, 0.4) is 0 Å². The van der Waals surface area contributed by atoms with Crippen molar-refractivity contribution in [3.8, 4) is 6.07 Å². The number of tetrazole rings is 1. The topological polar surface area (TPSA) is 165 Å². The molecule has 2 aromatic rings. The number of carboxylic acids is 2. The van der Waals surface area contributed by atoms with Crippen LogP contribution in [0.1, 0.15) is 23.7 Å². The number of nitrogens with one attached hydrogen (secondary N) is 2. The van der Waals surface area contributed by atoms with E-state index in [4.69, 9.17) is 15.5 Å². The first-order valence-corrected chi connectivity index (χ1v) is 6.66. The molecule has 1 heterocycles. The third-order valence-electron chi connectivity index (χ3n) is 3.08. The van der Waals surface area contributed by atoms with Gasteiger partial charge in [0.25, 0.3) is 0 Å². The quantitative estimate of drug-likeness (QED) is 0.538. The van der Waals surface area contributed by atoms with Crippen LogP contribution < -0.4 is 5.32 Å². The lowest BCUT2D eigenvalue weighted by molar-refractivity contribution is -0.145. The summed E-state index contributed by atoms with van der Waals surface area (Å²) in [6.45, 7) is 0. The van der Waals surface area contributed by atoms with Crippen molar-refractivity contribution in [1.82, 2.24) is 20.6 Å². The molecule has 0 fully saturated rings. The van der Waals surface area contributed by atoms with Crippen LogP contribution in [-0.4, -0.2) is 42.8 Å². The molecule has 1 aromatic carbocycles. The number of H-pyrrole nitrogens is 1. The molecule has 4 N–H and O–H groups in total. The molecule has 0 saturated heterocycles. The van der Waals surface area contributed by atoms with E-state index in [0.29, 0.717) is 11.3 Å². The van der Waals surface area contributed by atoms with E-state index in [0.717, 1.165) is 0 Å². The zero-order valence-electron chi connectivity index (χ0n) is 12.2. The molecule has 10 heteroatoms. The monoisotopic (exact) mass is 328 g/mol. The fraction of sp³-hybridized carbons (Fsp3) is 0.143.